The third-order valence-corrected chi connectivity index (χ3v) is 13.4. The molecule has 0 atom stereocenters. The van der Waals surface area contributed by atoms with Gasteiger partial charge < -0.3 is 9.31 Å². The van der Waals surface area contributed by atoms with Crippen LogP contribution in [0.15, 0.2) is 18.2 Å². The van der Waals surface area contributed by atoms with Crippen LogP contribution in [0.25, 0.3) is 11.4 Å². The van der Waals surface area contributed by atoms with Gasteiger partial charge in [-0.1, -0.05) is 6.07 Å². The summed E-state index contributed by atoms with van der Waals surface area (Å²) in [4.78, 5) is 16.0. The minimum Gasteiger partial charge on any atom is -0.399 e. The molecule has 0 spiro atoms. The predicted molar refractivity (Wildman–Crippen MR) is 161 cm³/mol. The van der Waals surface area contributed by atoms with E-state index in [1.54, 1.807) is 12.1 Å². The highest BCUT2D eigenvalue weighted by molar-refractivity contribution is 6.62. The van der Waals surface area contributed by atoms with Crippen LogP contribution in [0.4, 0.5) is 4.39 Å². The third kappa shape index (κ3) is 3.90. The molecule has 1 aromatic carbocycles. The third-order valence-electron chi connectivity index (χ3n) is 13.4. The van der Waals surface area contributed by atoms with Gasteiger partial charge in [0, 0.05) is 10.8 Å². The number of hydrogen-bond donors (Lipinski definition) is 0. The summed E-state index contributed by atoms with van der Waals surface area (Å²) in [7, 11) is -0.554. The van der Waals surface area contributed by atoms with Crippen LogP contribution in [-0.4, -0.2) is 33.3 Å². The van der Waals surface area contributed by atoms with Crippen LogP contribution in [0.3, 0.4) is 0 Å². The molecule has 2 aromatic rings. The minimum absolute atomic E-state index is 0.0310. The van der Waals surface area contributed by atoms with E-state index in [2.05, 4.69) is 27.7 Å². The molecule has 11 rings (SSSR count). The molecule has 8 bridgehead atoms. The SMILES string of the molecule is CC1(C)OB(c2ccc(F)c(-c3nc(C45CC6CC(CC(C6)C4)C5)nc(C45CC6CC(CC(C6)C4)C5)n3)c2)OC1(C)C. The van der Waals surface area contributed by atoms with Gasteiger partial charge in [-0.15, -0.1) is 0 Å². The van der Waals surface area contributed by atoms with Crippen molar-refractivity contribution in [2.45, 2.75) is 127 Å². The number of benzene rings is 1. The van der Waals surface area contributed by atoms with Crippen molar-refractivity contribution in [3.8, 4) is 11.4 Å². The molecule has 9 fully saturated rings. The van der Waals surface area contributed by atoms with E-state index in [9.17, 15) is 0 Å². The average molecular weight is 570 g/mol. The maximum absolute atomic E-state index is 15.9. The van der Waals surface area contributed by atoms with Gasteiger partial charge in [-0.2, -0.15) is 0 Å². The topological polar surface area (TPSA) is 57.1 Å². The Hall–Kier alpha value is -1.86. The molecule has 7 heteroatoms. The first-order valence-corrected chi connectivity index (χ1v) is 16.9. The molecule has 5 nitrogen and oxygen atoms in total. The van der Waals surface area contributed by atoms with E-state index in [1.165, 1.54) is 77.0 Å². The van der Waals surface area contributed by atoms with Gasteiger partial charge in [0.15, 0.2) is 5.82 Å². The van der Waals surface area contributed by atoms with Crippen LogP contribution in [-0.2, 0) is 20.1 Å². The lowest BCUT2D eigenvalue weighted by Crippen LogP contribution is -2.51. The van der Waals surface area contributed by atoms with E-state index in [-0.39, 0.29) is 16.6 Å². The smallest absolute Gasteiger partial charge is 0.399 e. The normalized spacial score (nSPS) is 42.1. The summed E-state index contributed by atoms with van der Waals surface area (Å²) in [5.41, 5.74) is 0.416. The van der Waals surface area contributed by atoms with Crippen LogP contribution >= 0.6 is 0 Å². The second-order valence-electron chi connectivity index (χ2n) is 17.0. The molecule has 8 saturated carbocycles. The van der Waals surface area contributed by atoms with Crippen molar-refractivity contribution in [1.29, 1.82) is 0 Å². The van der Waals surface area contributed by atoms with Gasteiger partial charge in [0.05, 0.1) is 16.8 Å². The highest BCUT2D eigenvalue weighted by Crippen LogP contribution is 2.62. The molecule has 2 heterocycles. The lowest BCUT2D eigenvalue weighted by Gasteiger charge is -2.57. The Morgan fingerprint density at radius 1 is 0.643 bits per heavy atom. The van der Waals surface area contributed by atoms with E-state index in [0.29, 0.717) is 11.4 Å². The summed E-state index contributed by atoms with van der Waals surface area (Å²) in [6.07, 6.45) is 15.4. The highest BCUT2D eigenvalue weighted by atomic mass is 19.1. The van der Waals surface area contributed by atoms with Crippen LogP contribution < -0.4 is 5.46 Å². The van der Waals surface area contributed by atoms with Gasteiger partial charge in [-0.05, 0) is 158 Å². The van der Waals surface area contributed by atoms with E-state index in [0.717, 1.165) is 52.6 Å². The van der Waals surface area contributed by atoms with Crippen molar-refractivity contribution in [1.82, 2.24) is 15.0 Å². The second-order valence-corrected chi connectivity index (χ2v) is 17.0. The van der Waals surface area contributed by atoms with Crippen LogP contribution in [0.2, 0.25) is 0 Å². The fourth-order valence-corrected chi connectivity index (χ4v) is 11.6. The Balaban J connectivity index is 1.17. The lowest BCUT2D eigenvalue weighted by atomic mass is 9.49. The van der Waals surface area contributed by atoms with Gasteiger partial charge in [-0.25, -0.2) is 19.3 Å². The maximum atomic E-state index is 15.9. The van der Waals surface area contributed by atoms with Gasteiger partial charge in [-0.3, -0.25) is 0 Å². The van der Waals surface area contributed by atoms with E-state index >= 15 is 4.39 Å². The fourth-order valence-electron chi connectivity index (χ4n) is 11.6. The molecule has 1 aliphatic heterocycles. The predicted octanol–water partition coefficient (Wildman–Crippen LogP) is 6.91. The summed E-state index contributed by atoms with van der Waals surface area (Å²) in [6, 6.07) is 5.23. The standard InChI is InChI=1S/C35H45BFN3O2/c1-32(2)33(3,4)42-36(41-32)26-5-6-28(37)27(13-26)29-38-30(34-14-20-7-21(15-34)9-22(8-20)16-34)40-31(39-29)35-17-23-10-24(18-35)12-25(11-23)19-35/h5-6,13,20-25H,7-12,14-19H2,1-4H3. The largest absolute Gasteiger partial charge is 0.494 e. The number of nitrogens with zero attached hydrogens (tertiary/aromatic N) is 3. The van der Waals surface area contributed by atoms with Crippen molar-refractivity contribution in [2.75, 3.05) is 0 Å². The van der Waals surface area contributed by atoms with Crippen molar-refractivity contribution >= 4 is 12.6 Å². The Morgan fingerprint density at radius 2 is 1.05 bits per heavy atom. The lowest BCUT2D eigenvalue weighted by molar-refractivity contribution is -0.0155. The fraction of sp³-hybridized carbons (Fsp3) is 0.743. The summed E-state index contributed by atoms with van der Waals surface area (Å²) in [6.45, 7) is 8.22. The van der Waals surface area contributed by atoms with Gasteiger partial charge in [0.25, 0.3) is 0 Å². The monoisotopic (exact) mass is 569 g/mol. The second kappa shape index (κ2) is 8.65. The maximum Gasteiger partial charge on any atom is 0.494 e. The molecule has 9 aliphatic rings. The molecule has 0 radical (unpaired) electrons. The number of halogens is 1. The quantitative estimate of drug-likeness (QED) is 0.375. The number of aromatic nitrogens is 3. The Kier molecular flexibility index (Phi) is 5.47. The van der Waals surface area contributed by atoms with Crippen LogP contribution in [0.1, 0.15) is 116 Å². The number of hydrogen-bond acceptors (Lipinski definition) is 5. The van der Waals surface area contributed by atoms with Gasteiger partial charge in [0.2, 0.25) is 0 Å². The Labute approximate surface area is 250 Å². The van der Waals surface area contributed by atoms with Crippen LogP contribution in [0, 0.1) is 41.3 Å². The molecular weight excluding hydrogens is 524 g/mol. The highest BCUT2D eigenvalue weighted by Gasteiger charge is 2.56. The molecule has 0 N–H and O–H groups in total. The molecule has 222 valence electrons. The molecule has 8 aliphatic carbocycles. The molecule has 0 unspecified atom stereocenters. The van der Waals surface area contributed by atoms with Gasteiger partial charge in [0.1, 0.15) is 17.5 Å². The molecule has 1 saturated heterocycles. The van der Waals surface area contributed by atoms with E-state index < -0.39 is 18.3 Å². The summed E-state index contributed by atoms with van der Waals surface area (Å²) in [5.74, 6) is 6.98. The zero-order valence-corrected chi connectivity index (χ0v) is 25.8. The van der Waals surface area contributed by atoms with Crippen molar-refractivity contribution in [2.24, 2.45) is 35.5 Å². The van der Waals surface area contributed by atoms with E-state index in [1.807, 2.05) is 6.07 Å². The minimum atomic E-state index is -0.554. The first-order chi connectivity index (χ1) is 20.0. The summed E-state index contributed by atoms with van der Waals surface area (Å²) >= 11 is 0. The zero-order chi connectivity index (χ0) is 28.6. The first kappa shape index (κ1) is 26.5. The van der Waals surface area contributed by atoms with Crippen molar-refractivity contribution < 1.29 is 13.7 Å². The molecule has 1 aromatic heterocycles. The summed E-state index contributed by atoms with van der Waals surface area (Å²) in [5, 5.41) is 0. The molecule has 42 heavy (non-hydrogen) atoms. The molecule has 0 amide bonds. The molecular formula is C35H45BFN3O2. The zero-order valence-electron chi connectivity index (χ0n) is 25.8. The van der Waals surface area contributed by atoms with Crippen molar-refractivity contribution in [3.63, 3.8) is 0 Å². The van der Waals surface area contributed by atoms with Crippen molar-refractivity contribution in [3.05, 3.63) is 35.7 Å². The van der Waals surface area contributed by atoms with E-state index in [4.69, 9.17) is 24.3 Å². The van der Waals surface area contributed by atoms with Gasteiger partial charge >= 0.3 is 7.12 Å². The average Bonchev–Trinajstić information content (AvgIpc) is 3.13. The summed E-state index contributed by atoms with van der Waals surface area (Å²) < 4.78 is 28.6. The Morgan fingerprint density at radius 3 is 1.45 bits per heavy atom. The first-order valence-electron chi connectivity index (χ1n) is 16.9. The van der Waals surface area contributed by atoms with Crippen LogP contribution in [0.5, 0.6) is 0 Å². The number of rotatable bonds is 4. The Bertz CT molecular complexity index is 1310.